The molecule has 1 saturated carbocycles. The maximum atomic E-state index is 11.1. The fourth-order valence-corrected chi connectivity index (χ4v) is 1.32. The van der Waals surface area contributed by atoms with Gasteiger partial charge in [-0.25, -0.2) is 10.3 Å². The standard InChI is InChI=1S/C8H14N2O2/c1-6(10-9)8(11)12-7-4-2-3-5-7/h6-7,9H,2-5H2,1H3. The van der Waals surface area contributed by atoms with E-state index >= 15 is 0 Å². The Morgan fingerprint density at radius 3 is 2.67 bits per heavy atom. The molecule has 0 aromatic heterocycles. The van der Waals surface area contributed by atoms with Gasteiger partial charge < -0.3 is 4.74 Å². The first kappa shape index (κ1) is 9.16. The lowest BCUT2D eigenvalue weighted by molar-refractivity contribution is -0.149. The summed E-state index contributed by atoms with van der Waals surface area (Å²) >= 11 is 0. The van der Waals surface area contributed by atoms with E-state index in [0.717, 1.165) is 25.7 Å². The lowest BCUT2D eigenvalue weighted by Gasteiger charge is -2.12. The largest absolute Gasteiger partial charge is 0.461 e. The van der Waals surface area contributed by atoms with Crippen molar-refractivity contribution in [2.45, 2.75) is 44.8 Å². The predicted molar refractivity (Wildman–Crippen MR) is 43.0 cm³/mol. The summed E-state index contributed by atoms with van der Waals surface area (Å²) in [5.74, 6) is -0.364. The lowest BCUT2D eigenvalue weighted by atomic mass is 10.3. The number of rotatable bonds is 3. The average molecular weight is 170 g/mol. The SMILES string of the molecule is CC(N=N)C(=O)OC1CCCC1. The maximum Gasteiger partial charge on any atom is 0.332 e. The van der Waals surface area contributed by atoms with Crippen LogP contribution in [0.3, 0.4) is 0 Å². The molecule has 1 aliphatic rings. The van der Waals surface area contributed by atoms with E-state index in [-0.39, 0.29) is 12.1 Å². The summed E-state index contributed by atoms with van der Waals surface area (Å²) in [6, 6.07) is -0.634. The van der Waals surface area contributed by atoms with E-state index < -0.39 is 6.04 Å². The normalized spacial score (nSPS) is 20.4. The molecule has 0 aromatic rings. The fourth-order valence-electron chi connectivity index (χ4n) is 1.32. The Hall–Kier alpha value is -0.930. The highest BCUT2D eigenvalue weighted by atomic mass is 16.5. The molecule has 1 aliphatic carbocycles. The monoisotopic (exact) mass is 170 g/mol. The smallest absolute Gasteiger partial charge is 0.332 e. The Balaban J connectivity index is 2.29. The Bertz CT molecular complexity index is 176. The van der Waals surface area contributed by atoms with Gasteiger partial charge >= 0.3 is 5.97 Å². The lowest BCUT2D eigenvalue weighted by Crippen LogP contribution is -2.22. The maximum absolute atomic E-state index is 11.1. The molecule has 1 N–H and O–H groups in total. The van der Waals surface area contributed by atoms with E-state index in [1.54, 1.807) is 6.92 Å². The second-order valence-electron chi connectivity index (χ2n) is 3.15. The van der Waals surface area contributed by atoms with Crippen LogP contribution in [0.25, 0.3) is 0 Å². The summed E-state index contributed by atoms with van der Waals surface area (Å²) < 4.78 is 5.11. The van der Waals surface area contributed by atoms with E-state index in [4.69, 9.17) is 10.3 Å². The van der Waals surface area contributed by atoms with Crippen molar-refractivity contribution in [3.8, 4) is 0 Å². The van der Waals surface area contributed by atoms with Gasteiger partial charge in [-0.3, -0.25) is 0 Å². The first-order valence-corrected chi connectivity index (χ1v) is 4.31. The number of hydrogen-bond donors (Lipinski definition) is 1. The summed E-state index contributed by atoms with van der Waals surface area (Å²) in [6.45, 7) is 1.57. The molecule has 0 bridgehead atoms. The molecule has 68 valence electrons. The zero-order valence-corrected chi connectivity index (χ0v) is 7.25. The van der Waals surface area contributed by atoms with Gasteiger partial charge in [0.15, 0.2) is 6.04 Å². The molecule has 1 unspecified atom stereocenters. The molecule has 4 nitrogen and oxygen atoms in total. The van der Waals surface area contributed by atoms with Crippen molar-refractivity contribution in [1.82, 2.24) is 0 Å². The second-order valence-corrected chi connectivity index (χ2v) is 3.15. The van der Waals surface area contributed by atoms with Crippen molar-refractivity contribution in [1.29, 1.82) is 5.53 Å². The first-order valence-electron chi connectivity index (χ1n) is 4.31. The highest BCUT2D eigenvalue weighted by molar-refractivity contribution is 5.75. The Morgan fingerprint density at radius 1 is 1.58 bits per heavy atom. The molecule has 1 atom stereocenters. The number of hydrogen-bond acceptors (Lipinski definition) is 4. The topological polar surface area (TPSA) is 62.5 Å². The number of carbonyl (C=O) groups excluding carboxylic acids is 1. The van der Waals surface area contributed by atoms with E-state index in [2.05, 4.69) is 5.11 Å². The minimum Gasteiger partial charge on any atom is -0.461 e. The first-order chi connectivity index (χ1) is 5.74. The predicted octanol–water partition coefficient (Wildman–Crippen LogP) is 1.89. The van der Waals surface area contributed by atoms with Gasteiger partial charge in [0.05, 0.1) is 0 Å². The van der Waals surface area contributed by atoms with Crippen molar-refractivity contribution in [3.63, 3.8) is 0 Å². The highest BCUT2D eigenvalue weighted by Gasteiger charge is 2.22. The van der Waals surface area contributed by atoms with Gasteiger partial charge in [0.2, 0.25) is 0 Å². The molecular formula is C8H14N2O2. The minimum absolute atomic E-state index is 0.0849. The van der Waals surface area contributed by atoms with Crippen molar-refractivity contribution in [2.75, 3.05) is 0 Å². The number of nitrogens with zero attached hydrogens (tertiary/aromatic N) is 1. The quantitative estimate of drug-likeness (QED) is 0.519. The molecule has 1 rings (SSSR count). The fraction of sp³-hybridized carbons (Fsp3) is 0.875. The second kappa shape index (κ2) is 4.18. The summed E-state index contributed by atoms with van der Waals surface area (Å²) in [4.78, 5) is 11.1. The van der Waals surface area contributed by atoms with E-state index in [1.165, 1.54) is 0 Å². The number of carbonyl (C=O) groups is 1. The Labute approximate surface area is 71.8 Å². The van der Waals surface area contributed by atoms with Crippen LogP contribution in [-0.2, 0) is 9.53 Å². The van der Waals surface area contributed by atoms with Crippen LogP contribution in [-0.4, -0.2) is 18.1 Å². The van der Waals surface area contributed by atoms with Gasteiger partial charge in [-0.15, -0.1) is 0 Å². The third-order valence-electron chi connectivity index (χ3n) is 2.12. The number of ether oxygens (including phenoxy) is 1. The summed E-state index contributed by atoms with van der Waals surface area (Å²) in [6.07, 6.45) is 4.31. The van der Waals surface area contributed by atoms with Gasteiger partial charge in [-0.2, -0.15) is 5.11 Å². The molecule has 0 saturated heterocycles. The average Bonchev–Trinajstić information content (AvgIpc) is 2.55. The van der Waals surface area contributed by atoms with Gasteiger partial charge in [0.1, 0.15) is 6.10 Å². The van der Waals surface area contributed by atoms with Crippen LogP contribution in [0.4, 0.5) is 0 Å². The van der Waals surface area contributed by atoms with Gasteiger partial charge in [-0.05, 0) is 32.6 Å². The van der Waals surface area contributed by atoms with Crippen molar-refractivity contribution in [2.24, 2.45) is 5.11 Å². The highest BCUT2D eigenvalue weighted by Crippen LogP contribution is 2.21. The molecule has 0 heterocycles. The van der Waals surface area contributed by atoms with E-state index in [1.807, 2.05) is 0 Å². The van der Waals surface area contributed by atoms with Crippen LogP contribution >= 0.6 is 0 Å². The van der Waals surface area contributed by atoms with Crippen molar-refractivity contribution in [3.05, 3.63) is 0 Å². The third kappa shape index (κ3) is 2.29. The summed E-state index contributed by atoms with van der Waals surface area (Å²) in [5.41, 5.74) is 6.64. The van der Waals surface area contributed by atoms with Crippen LogP contribution in [0.15, 0.2) is 5.11 Å². The van der Waals surface area contributed by atoms with Crippen LogP contribution in [0.2, 0.25) is 0 Å². The van der Waals surface area contributed by atoms with Crippen LogP contribution in [0.1, 0.15) is 32.6 Å². The number of nitrogens with one attached hydrogen (secondary N) is 1. The zero-order chi connectivity index (χ0) is 8.97. The van der Waals surface area contributed by atoms with Crippen LogP contribution in [0, 0.1) is 5.53 Å². The molecule has 0 radical (unpaired) electrons. The van der Waals surface area contributed by atoms with Crippen molar-refractivity contribution >= 4 is 5.97 Å². The van der Waals surface area contributed by atoms with E-state index in [9.17, 15) is 4.79 Å². The molecular weight excluding hydrogens is 156 g/mol. The summed E-state index contributed by atoms with van der Waals surface area (Å²) in [5, 5.41) is 3.11. The molecule has 4 heteroatoms. The molecule has 0 amide bonds. The molecule has 0 aromatic carbocycles. The van der Waals surface area contributed by atoms with Crippen molar-refractivity contribution < 1.29 is 9.53 Å². The van der Waals surface area contributed by atoms with Gasteiger partial charge in [-0.1, -0.05) is 0 Å². The van der Waals surface area contributed by atoms with Gasteiger partial charge in [0, 0.05) is 0 Å². The number of esters is 1. The van der Waals surface area contributed by atoms with Gasteiger partial charge in [0.25, 0.3) is 0 Å². The Kier molecular flexibility index (Phi) is 3.19. The molecule has 0 spiro atoms. The minimum atomic E-state index is -0.634. The molecule has 1 fully saturated rings. The molecule has 0 aliphatic heterocycles. The van der Waals surface area contributed by atoms with Crippen LogP contribution < -0.4 is 0 Å². The summed E-state index contributed by atoms with van der Waals surface area (Å²) in [7, 11) is 0. The van der Waals surface area contributed by atoms with E-state index in [0.29, 0.717) is 0 Å². The Morgan fingerprint density at radius 2 is 2.17 bits per heavy atom. The van der Waals surface area contributed by atoms with Crippen LogP contribution in [0.5, 0.6) is 0 Å². The molecule has 12 heavy (non-hydrogen) atoms. The zero-order valence-electron chi connectivity index (χ0n) is 7.25. The third-order valence-corrected chi connectivity index (χ3v) is 2.12.